The van der Waals surface area contributed by atoms with Gasteiger partial charge in [-0.05, 0) is 47.1 Å². The second kappa shape index (κ2) is 6.44. The number of piperidine rings is 1. The molecule has 0 aromatic heterocycles. The number of hydrogen-bond donors (Lipinski definition) is 0. The lowest BCUT2D eigenvalue weighted by Crippen LogP contribution is -2.53. The Morgan fingerprint density at radius 3 is 2.64 bits per heavy atom. The normalized spacial score (nSPS) is 30.0. The minimum Gasteiger partial charge on any atom is -0.461 e. The predicted molar refractivity (Wildman–Crippen MR) is 82.6 cm³/mol. The Labute approximate surface area is 132 Å². The summed E-state index contributed by atoms with van der Waals surface area (Å²) in [4.78, 5) is 27.9. The maximum Gasteiger partial charge on any atom is 0.410 e. The minimum absolute atomic E-state index is 0.0125. The van der Waals surface area contributed by atoms with Gasteiger partial charge in [-0.1, -0.05) is 0 Å². The number of ether oxygens (including phenoxy) is 2. The third-order valence-corrected chi connectivity index (χ3v) is 4.24. The van der Waals surface area contributed by atoms with Gasteiger partial charge in [0.05, 0.1) is 0 Å². The molecular weight excluding hydrogens is 284 g/mol. The standard InChI is InChI=1S/C16H28N2O4/c1-11-9-13(14(19)21-11)18-8-6-7-12(10-18)17(5)15(20)22-16(2,3)4/h11-13H,6-10H2,1-5H3/t11-,12+,13-/m0/s1. The summed E-state index contributed by atoms with van der Waals surface area (Å²) in [5, 5.41) is 0. The number of esters is 1. The van der Waals surface area contributed by atoms with Crippen molar-refractivity contribution in [2.45, 2.75) is 70.7 Å². The Morgan fingerprint density at radius 2 is 2.09 bits per heavy atom. The molecule has 2 fully saturated rings. The number of hydrogen-bond acceptors (Lipinski definition) is 5. The molecule has 22 heavy (non-hydrogen) atoms. The highest BCUT2D eigenvalue weighted by Gasteiger charge is 2.39. The quantitative estimate of drug-likeness (QED) is 0.730. The van der Waals surface area contributed by atoms with E-state index in [0.717, 1.165) is 25.8 Å². The monoisotopic (exact) mass is 312 g/mol. The summed E-state index contributed by atoms with van der Waals surface area (Å²) in [7, 11) is 1.78. The Bertz CT molecular complexity index is 432. The van der Waals surface area contributed by atoms with E-state index in [4.69, 9.17) is 9.47 Å². The first kappa shape index (κ1) is 17.1. The summed E-state index contributed by atoms with van der Waals surface area (Å²) in [6.07, 6.45) is 2.32. The number of amides is 1. The van der Waals surface area contributed by atoms with Crippen LogP contribution in [0.1, 0.15) is 47.0 Å². The summed E-state index contributed by atoms with van der Waals surface area (Å²) in [5.74, 6) is -0.131. The summed E-state index contributed by atoms with van der Waals surface area (Å²) >= 11 is 0. The topological polar surface area (TPSA) is 59.1 Å². The van der Waals surface area contributed by atoms with Gasteiger partial charge in [0.15, 0.2) is 0 Å². The van der Waals surface area contributed by atoms with Crippen molar-refractivity contribution < 1.29 is 19.1 Å². The van der Waals surface area contributed by atoms with Gasteiger partial charge in [-0.25, -0.2) is 4.79 Å². The lowest BCUT2D eigenvalue weighted by molar-refractivity contribution is -0.145. The van der Waals surface area contributed by atoms with Crippen molar-refractivity contribution in [3.8, 4) is 0 Å². The van der Waals surface area contributed by atoms with E-state index in [-0.39, 0.29) is 30.3 Å². The largest absolute Gasteiger partial charge is 0.461 e. The van der Waals surface area contributed by atoms with Crippen molar-refractivity contribution in [3.63, 3.8) is 0 Å². The number of rotatable bonds is 2. The molecule has 0 spiro atoms. The van der Waals surface area contributed by atoms with E-state index in [2.05, 4.69) is 4.90 Å². The maximum absolute atomic E-state index is 12.2. The average molecular weight is 312 g/mol. The SMILES string of the molecule is C[C@H]1C[C@H](N2CCC[C@@H](N(C)C(=O)OC(C)(C)C)C2)C(=O)O1. The van der Waals surface area contributed by atoms with Crippen LogP contribution >= 0.6 is 0 Å². The van der Waals surface area contributed by atoms with Crippen molar-refractivity contribution in [2.24, 2.45) is 0 Å². The summed E-state index contributed by atoms with van der Waals surface area (Å²) in [6.45, 7) is 9.09. The fourth-order valence-corrected chi connectivity index (χ4v) is 3.10. The second-order valence-electron chi connectivity index (χ2n) is 7.38. The van der Waals surface area contributed by atoms with Gasteiger partial charge in [0.25, 0.3) is 0 Å². The molecule has 0 aromatic carbocycles. The van der Waals surface area contributed by atoms with Crippen LogP contribution in [0, 0.1) is 0 Å². The number of likely N-dealkylation sites (tertiary alicyclic amines) is 1. The van der Waals surface area contributed by atoms with Crippen molar-refractivity contribution in [1.29, 1.82) is 0 Å². The van der Waals surface area contributed by atoms with Crippen LogP contribution in [0.4, 0.5) is 4.79 Å². The van der Waals surface area contributed by atoms with Gasteiger partial charge >= 0.3 is 12.1 Å². The molecule has 0 aliphatic carbocycles. The highest BCUT2D eigenvalue weighted by Crippen LogP contribution is 2.25. The molecule has 2 aliphatic heterocycles. The Kier molecular flexibility index (Phi) is 5.00. The first-order chi connectivity index (χ1) is 10.2. The van der Waals surface area contributed by atoms with Crippen LogP contribution in [0.5, 0.6) is 0 Å². The number of cyclic esters (lactones) is 1. The van der Waals surface area contributed by atoms with E-state index in [1.807, 2.05) is 27.7 Å². The van der Waals surface area contributed by atoms with Crippen molar-refractivity contribution in [2.75, 3.05) is 20.1 Å². The molecule has 0 radical (unpaired) electrons. The van der Waals surface area contributed by atoms with Crippen LogP contribution < -0.4 is 0 Å². The second-order valence-corrected chi connectivity index (χ2v) is 7.38. The van der Waals surface area contributed by atoms with E-state index in [1.165, 1.54) is 0 Å². The highest BCUT2D eigenvalue weighted by molar-refractivity contribution is 5.78. The average Bonchev–Trinajstić information content (AvgIpc) is 2.75. The third kappa shape index (κ3) is 4.12. The molecule has 6 nitrogen and oxygen atoms in total. The maximum atomic E-state index is 12.2. The smallest absolute Gasteiger partial charge is 0.410 e. The van der Waals surface area contributed by atoms with Gasteiger partial charge in [-0.3, -0.25) is 9.69 Å². The molecule has 0 N–H and O–H groups in total. The van der Waals surface area contributed by atoms with Crippen LogP contribution in [0.3, 0.4) is 0 Å². The zero-order valence-electron chi connectivity index (χ0n) is 14.3. The molecule has 1 amide bonds. The van der Waals surface area contributed by atoms with E-state index in [9.17, 15) is 9.59 Å². The molecule has 2 saturated heterocycles. The number of nitrogens with zero attached hydrogens (tertiary/aromatic N) is 2. The van der Waals surface area contributed by atoms with Crippen LogP contribution in [0.15, 0.2) is 0 Å². The Hall–Kier alpha value is -1.30. The Balaban J connectivity index is 1.95. The van der Waals surface area contributed by atoms with Gasteiger partial charge < -0.3 is 14.4 Å². The molecule has 3 atom stereocenters. The number of carbonyl (C=O) groups is 2. The highest BCUT2D eigenvalue weighted by atomic mass is 16.6. The summed E-state index contributed by atoms with van der Waals surface area (Å²) < 4.78 is 10.7. The van der Waals surface area contributed by atoms with Crippen LogP contribution in [0.2, 0.25) is 0 Å². The van der Waals surface area contributed by atoms with E-state index in [1.54, 1.807) is 11.9 Å². The van der Waals surface area contributed by atoms with Crippen molar-refractivity contribution in [3.05, 3.63) is 0 Å². The van der Waals surface area contributed by atoms with Gasteiger partial charge in [-0.15, -0.1) is 0 Å². The van der Waals surface area contributed by atoms with E-state index in [0.29, 0.717) is 6.54 Å². The van der Waals surface area contributed by atoms with Gasteiger partial charge in [0.2, 0.25) is 0 Å². The van der Waals surface area contributed by atoms with Crippen LogP contribution in [-0.2, 0) is 14.3 Å². The van der Waals surface area contributed by atoms with Gasteiger partial charge in [0.1, 0.15) is 17.7 Å². The fraction of sp³-hybridized carbons (Fsp3) is 0.875. The zero-order chi connectivity index (χ0) is 16.5. The lowest BCUT2D eigenvalue weighted by atomic mass is 10.0. The van der Waals surface area contributed by atoms with E-state index < -0.39 is 5.60 Å². The lowest BCUT2D eigenvalue weighted by Gasteiger charge is -2.39. The van der Waals surface area contributed by atoms with Gasteiger partial charge in [-0.2, -0.15) is 0 Å². The zero-order valence-corrected chi connectivity index (χ0v) is 14.3. The van der Waals surface area contributed by atoms with E-state index >= 15 is 0 Å². The first-order valence-electron chi connectivity index (χ1n) is 8.08. The Morgan fingerprint density at radius 1 is 1.41 bits per heavy atom. The molecule has 2 heterocycles. The molecule has 0 bridgehead atoms. The number of carbonyl (C=O) groups excluding carboxylic acids is 2. The van der Waals surface area contributed by atoms with Crippen LogP contribution in [0.25, 0.3) is 0 Å². The first-order valence-corrected chi connectivity index (χ1v) is 8.08. The molecule has 6 heteroatoms. The third-order valence-electron chi connectivity index (χ3n) is 4.24. The molecule has 2 aliphatic rings. The molecule has 0 saturated carbocycles. The molecule has 0 aromatic rings. The summed E-state index contributed by atoms with van der Waals surface area (Å²) in [6, 6.07) is -0.0860. The fourth-order valence-electron chi connectivity index (χ4n) is 3.10. The predicted octanol–water partition coefficient (Wildman–Crippen LogP) is 2.02. The molecule has 2 rings (SSSR count). The molecule has 126 valence electrons. The van der Waals surface area contributed by atoms with Crippen molar-refractivity contribution >= 4 is 12.1 Å². The molecular formula is C16H28N2O4. The van der Waals surface area contributed by atoms with Crippen molar-refractivity contribution in [1.82, 2.24) is 9.80 Å². The summed E-state index contributed by atoms with van der Waals surface area (Å²) in [5.41, 5.74) is -0.496. The van der Waals surface area contributed by atoms with Gasteiger partial charge in [0, 0.05) is 26.1 Å². The molecule has 0 unspecified atom stereocenters. The number of likely N-dealkylation sites (N-methyl/N-ethyl adjacent to an activating group) is 1. The van der Waals surface area contributed by atoms with Crippen LogP contribution in [-0.4, -0.2) is 65.8 Å². The minimum atomic E-state index is -0.496.